The lowest BCUT2D eigenvalue weighted by molar-refractivity contribution is -0.123. The van der Waals surface area contributed by atoms with Gasteiger partial charge in [-0.25, -0.2) is 0 Å². The van der Waals surface area contributed by atoms with Crippen LogP contribution in [-0.2, 0) is 4.79 Å². The molecule has 5 nitrogen and oxygen atoms in total. The molecule has 0 spiro atoms. The molecule has 5 heteroatoms. The van der Waals surface area contributed by atoms with Gasteiger partial charge in [0.1, 0.15) is 6.10 Å². The first-order valence-electron chi connectivity index (χ1n) is 6.52. The maximum atomic E-state index is 11.6. The maximum absolute atomic E-state index is 11.6. The van der Waals surface area contributed by atoms with Gasteiger partial charge in [-0.2, -0.15) is 0 Å². The van der Waals surface area contributed by atoms with Gasteiger partial charge >= 0.3 is 0 Å². The summed E-state index contributed by atoms with van der Waals surface area (Å²) >= 11 is 0. The Morgan fingerprint density at radius 1 is 1.37 bits per heavy atom. The predicted molar refractivity (Wildman–Crippen MR) is 74.4 cm³/mol. The fraction of sp³-hybridized carbons (Fsp3) is 0.500. The molecular weight excluding hydrogens is 244 g/mol. The quantitative estimate of drug-likeness (QED) is 0.553. The summed E-state index contributed by atoms with van der Waals surface area (Å²) < 4.78 is 0. The Labute approximate surface area is 113 Å². The van der Waals surface area contributed by atoms with Crippen molar-refractivity contribution in [2.24, 2.45) is 0 Å². The Balaban J connectivity index is 2.63. The first kappa shape index (κ1) is 15.5. The molecule has 1 aromatic rings. The smallest absolute Gasteiger partial charge is 0.220 e. The van der Waals surface area contributed by atoms with Gasteiger partial charge in [-0.3, -0.25) is 4.79 Å². The first-order valence-corrected chi connectivity index (χ1v) is 6.52. The van der Waals surface area contributed by atoms with Crippen molar-refractivity contribution in [1.29, 1.82) is 0 Å². The Morgan fingerprint density at radius 2 is 2.00 bits per heavy atom. The molecule has 5 N–H and O–H groups in total. The van der Waals surface area contributed by atoms with Gasteiger partial charge in [0.25, 0.3) is 0 Å². The van der Waals surface area contributed by atoms with Crippen LogP contribution in [0.25, 0.3) is 0 Å². The average Bonchev–Trinajstić information content (AvgIpc) is 2.42. The molecule has 0 saturated carbocycles. The number of hydrogen-bond acceptors (Lipinski definition) is 4. The van der Waals surface area contributed by atoms with Gasteiger partial charge in [-0.05, 0) is 24.1 Å². The van der Waals surface area contributed by atoms with E-state index >= 15 is 0 Å². The topological polar surface area (TPSA) is 95.6 Å². The molecule has 0 aromatic heterocycles. The van der Waals surface area contributed by atoms with E-state index in [2.05, 4.69) is 5.32 Å². The third-order valence-electron chi connectivity index (χ3n) is 2.96. The molecule has 0 saturated heterocycles. The second kappa shape index (κ2) is 7.76. The molecule has 106 valence electrons. The van der Waals surface area contributed by atoms with Crippen molar-refractivity contribution >= 4 is 11.6 Å². The van der Waals surface area contributed by atoms with E-state index in [1.54, 1.807) is 24.3 Å². The number of carbonyl (C=O) groups excluding carboxylic acids is 1. The highest BCUT2D eigenvalue weighted by Crippen LogP contribution is 2.18. The van der Waals surface area contributed by atoms with Crippen LogP contribution in [0.3, 0.4) is 0 Å². The zero-order valence-electron chi connectivity index (χ0n) is 11.2. The van der Waals surface area contributed by atoms with Crippen LogP contribution in [0.5, 0.6) is 0 Å². The van der Waals surface area contributed by atoms with Crippen molar-refractivity contribution < 1.29 is 15.0 Å². The molecule has 0 heterocycles. The summed E-state index contributed by atoms with van der Waals surface area (Å²) in [6.07, 6.45) is 1.18. The number of amides is 1. The predicted octanol–water partition coefficient (Wildman–Crippen LogP) is 0.970. The van der Waals surface area contributed by atoms with Gasteiger partial charge in [-0.15, -0.1) is 0 Å². The van der Waals surface area contributed by atoms with E-state index in [9.17, 15) is 15.0 Å². The molecule has 0 bridgehead atoms. The minimum atomic E-state index is -0.948. The summed E-state index contributed by atoms with van der Waals surface area (Å²) in [5.74, 6) is -0.157. The van der Waals surface area contributed by atoms with Gasteiger partial charge in [0, 0.05) is 12.1 Å². The number of unbranched alkanes of at least 4 members (excludes halogenated alkanes) is 1. The summed E-state index contributed by atoms with van der Waals surface area (Å²) in [4.78, 5) is 11.6. The van der Waals surface area contributed by atoms with Gasteiger partial charge in [0.2, 0.25) is 5.91 Å². The summed E-state index contributed by atoms with van der Waals surface area (Å²) in [7, 11) is 0. The number of aliphatic hydroxyl groups is 2. The van der Waals surface area contributed by atoms with Crippen LogP contribution < -0.4 is 11.1 Å². The van der Waals surface area contributed by atoms with Crippen LogP contribution in [0.2, 0.25) is 0 Å². The normalized spacial score (nSPS) is 13.8. The van der Waals surface area contributed by atoms with E-state index < -0.39 is 12.1 Å². The largest absolute Gasteiger partial charge is 0.399 e. The van der Waals surface area contributed by atoms with Crippen molar-refractivity contribution in [3.63, 3.8) is 0 Å². The molecule has 0 aliphatic heterocycles. The van der Waals surface area contributed by atoms with Crippen LogP contribution in [0.15, 0.2) is 24.3 Å². The molecule has 0 aliphatic rings. The number of nitrogen functional groups attached to an aromatic ring is 1. The standard InChI is InChI=1S/C14H22N2O3/c1-2-3-4-13(18)16-12(9-17)14(19)10-5-7-11(15)8-6-10/h5-8,12,14,17,19H,2-4,9,15H2,1H3,(H,16,18). The summed E-state index contributed by atoms with van der Waals surface area (Å²) in [5.41, 5.74) is 6.79. The van der Waals surface area contributed by atoms with Crippen molar-refractivity contribution in [3.8, 4) is 0 Å². The highest BCUT2D eigenvalue weighted by atomic mass is 16.3. The monoisotopic (exact) mass is 266 g/mol. The molecule has 1 rings (SSSR count). The number of anilines is 1. The molecule has 2 atom stereocenters. The number of rotatable bonds is 7. The number of carbonyl (C=O) groups is 1. The molecule has 1 amide bonds. The SMILES string of the molecule is CCCCC(=O)NC(CO)C(O)c1ccc(N)cc1. The maximum Gasteiger partial charge on any atom is 0.220 e. The van der Waals surface area contributed by atoms with E-state index in [4.69, 9.17) is 5.73 Å². The van der Waals surface area contributed by atoms with Crippen LogP contribution in [0, 0.1) is 0 Å². The summed E-state index contributed by atoms with van der Waals surface area (Å²) in [6, 6.07) is 6.01. The average molecular weight is 266 g/mol. The minimum Gasteiger partial charge on any atom is -0.399 e. The fourth-order valence-electron chi connectivity index (χ4n) is 1.77. The van der Waals surface area contributed by atoms with E-state index in [-0.39, 0.29) is 12.5 Å². The Kier molecular flexibility index (Phi) is 6.32. The molecule has 19 heavy (non-hydrogen) atoms. The van der Waals surface area contributed by atoms with Crippen molar-refractivity contribution in [2.45, 2.75) is 38.3 Å². The summed E-state index contributed by atoms with van der Waals surface area (Å²) in [5, 5.41) is 22.1. The molecule has 1 aromatic carbocycles. The van der Waals surface area contributed by atoms with Crippen LogP contribution in [0.4, 0.5) is 5.69 Å². The van der Waals surface area contributed by atoms with Gasteiger partial charge < -0.3 is 21.3 Å². The number of nitrogens with two attached hydrogens (primary N) is 1. The van der Waals surface area contributed by atoms with Crippen molar-refractivity contribution in [2.75, 3.05) is 12.3 Å². The zero-order valence-corrected chi connectivity index (χ0v) is 11.2. The van der Waals surface area contributed by atoms with E-state index in [1.807, 2.05) is 6.92 Å². The van der Waals surface area contributed by atoms with Gasteiger partial charge in [-0.1, -0.05) is 25.5 Å². The van der Waals surface area contributed by atoms with E-state index in [0.29, 0.717) is 17.7 Å². The second-order valence-corrected chi connectivity index (χ2v) is 4.57. The zero-order chi connectivity index (χ0) is 14.3. The second-order valence-electron chi connectivity index (χ2n) is 4.57. The molecule has 2 unspecified atom stereocenters. The highest BCUT2D eigenvalue weighted by molar-refractivity contribution is 5.76. The molecular formula is C14H22N2O3. The Bertz CT molecular complexity index is 392. The number of hydrogen-bond donors (Lipinski definition) is 4. The van der Waals surface area contributed by atoms with E-state index in [0.717, 1.165) is 12.8 Å². The molecule has 0 fully saturated rings. The highest BCUT2D eigenvalue weighted by Gasteiger charge is 2.21. The molecule has 0 aliphatic carbocycles. The van der Waals surface area contributed by atoms with Gasteiger partial charge in [0.15, 0.2) is 0 Å². The lowest BCUT2D eigenvalue weighted by Gasteiger charge is -2.22. The number of nitrogens with one attached hydrogen (secondary N) is 1. The third-order valence-corrected chi connectivity index (χ3v) is 2.96. The third kappa shape index (κ3) is 4.89. The number of benzene rings is 1. The lowest BCUT2D eigenvalue weighted by Crippen LogP contribution is -2.41. The number of aliphatic hydroxyl groups excluding tert-OH is 2. The Morgan fingerprint density at radius 3 is 2.53 bits per heavy atom. The van der Waals surface area contributed by atoms with Crippen molar-refractivity contribution in [1.82, 2.24) is 5.32 Å². The first-order chi connectivity index (χ1) is 9.08. The lowest BCUT2D eigenvalue weighted by atomic mass is 10.0. The van der Waals surface area contributed by atoms with E-state index in [1.165, 1.54) is 0 Å². The molecule has 0 radical (unpaired) electrons. The van der Waals surface area contributed by atoms with Crippen molar-refractivity contribution in [3.05, 3.63) is 29.8 Å². The van der Waals surface area contributed by atoms with Crippen LogP contribution in [-0.4, -0.2) is 28.8 Å². The Hall–Kier alpha value is -1.59. The minimum absolute atomic E-state index is 0.157. The van der Waals surface area contributed by atoms with Crippen LogP contribution in [0.1, 0.15) is 37.9 Å². The van der Waals surface area contributed by atoms with Gasteiger partial charge in [0.05, 0.1) is 12.6 Å². The fourth-order valence-corrected chi connectivity index (χ4v) is 1.77. The summed E-state index contributed by atoms with van der Waals surface area (Å²) in [6.45, 7) is 1.68. The van der Waals surface area contributed by atoms with Crippen LogP contribution >= 0.6 is 0 Å².